The van der Waals surface area contributed by atoms with Crippen LogP contribution >= 0.6 is 0 Å². The number of aryl methyl sites for hydroxylation is 2. The van der Waals surface area contributed by atoms with Crippen molar-refractivity contribution in [3.63, 3.8) is 0 Å². The topological polar surface area (TPSA) is 69.1 Å². The highest BCUT2D eigenvalue weighted by Crippen LogP contribution is 2.30. The van der Waals surface area contributed by atoms with Crippen molar-refractivity contribution < 1.29 is 22.7 Å². The molecule has 0 saturated heterocycles. The Balaban J connectivity index is 0.0000102. The van der Waals surface area contributed by atoms with Gasteiger partial charge >= 0.3 is 0 Å². The number of quaternary nitrogens is 1. The van der Waals surface area contributed by atoms with Crippen molar-refractivity contribution in [2.45, 2.75) is 136 Å². The molecule has 4 nitrogen and oxygen atoms in total. The maximum absolute atomic E-state index is 10.9. The molecular formula is C28H52BrN3O. The molecule has 192 valence electrons. The van der Waals surface area contributed by atoms with Crippen molar-refractivity contribution in [3.8, 4) is 0 Å². The lowest BCUT2D eigenvalue weighted by Crippen LogP contribution is -3.00. The molecule has 0 spiro atoms. The van der Waals surface area contributed by atoms with E-state index in [1.54, 1.807) is 0 Å². The van der Waals surface area contributed by atoms with Crippen molar-refractivity contribution in [2.24, 2.45) is 5.29 Å². The zero-order valence-corrected chi connectivity index (χ0v) is 23.5. The van der Waals surface area contributed by atoms with E-state index in [-0.39, 0.29) is 17.0 Å². The van der Waals surface area contributed by atoms with Gasteiger partial charge in [-0.05, 0) is 74.6 Å². The SMILES string of the molecule is CCCCCCCCCCc1c(CCCCCCCCCC[NH3+])cc(C)c(NN=O)c1C.[Br-]. The fraction of sp³-hybridized carbons (Fsp3) is 0.786. The van der Waals surface area contributed by atoms with E-state index in [1.807, 2.05) is 0 Å². The number of anilines is 1. The smallest absolute Gasteiger partial charge is 0.0739 e. The van der Waals surface area contributed by atoms with Gasteiger partial charge in [-0.15, -0.1) is 4.91 Å². The van der Waals surface area contributed by atoms with E-state index in [9.17, 15) is 4.91 Å². The third kappa shape index (κ3) is 14.1. The lowest BCUT2D eigenvalue weighted by molar-refractivity contribution is -0.368. The van der Waals surface area contributed by atoms with Crippen LogP contribution in [0.5, 0.6) is 0 Å². The van der Waals surface area contributed by atoms with Gasteiger partial charge in [0.25, 0.3) is 0 Å². The lowest BCUT2D eigenvalue weighted by atomic mass is 9.90. The van der Waals surface area contributed by atoms with E-state index in [2.05, 4.69) is 43.3 Å². The summed E-state index contributed by atoms with van der Waals surface area (Å²) in [5.41, 5.74) is 12.9. The third-order valence-electron chi connectivity index (χ3n) is 6.88. The van der Waals surface area contributed by atoms with Gasteiger partial charge in [0, 0.05) is 0 Å². The molecule has 0 bridgehead atoms. The van der Waals surface area contributed by atoms with Crippen LogP contribution in [-0.4, -0.2) is 6.54 Å². The Bertz CT molecular complexity index is 622. The van der Waals surface area contributed by atoms with E-state index in [4.69, 9.17) is 0 Å². The monoisotopic (exact) mass is 525 g/mol. The number of nitroso groups, excluding NO2 is 1. The van der Waals surface area contributed by atoms with Crippen LogP contribution in [0.4, 0.5) is 5.69 Å². The summed E-state index contributed by atoms with van der Waals surface area (Å²) < 4.78 is 0. The summed E-state index contributed by atoms with van der Waals surface area (Å²) >= 11 is 0. The van der Waals surface area contributed by atoms with Gasteiger partial charge in [-0.3, -0.25) is 0 Å². The molecule has 0 aliphatic rings. The number of rotatable bonds is 21. The molecule has 0 heterocycles. The number of nitrogens with one attached hydrogen (secondary N) is 1. The second-order valence-electron chi connectivity index (χ2n) is 9.69. The first-order valence-electron chi connectivity index (χ1n) is 13.6. The number of hydrogen-bond acceptors (Lipinski definition) is 2. The van der Waals surface area contributed by atoms with Gasteiger partial charge in [0.1, 0.15) is 0 Å². The fourth-order valence-corrected chi connectivity index (χ4v) is 4.89. The zero-order valence-electron chi connectivity index (χ0n) is 22.0. The minimum absolute atomic E-state index is 0. The molecular weight excluding hydrogens is 474 g/mol. The van der Waals surface area contributed by atoms with E-state index >= 15 is 0 Å². The van der Waals surface area contributed by atoms with Gasteiger partial charge in [-0.2, -0.15) is 0 Å². The molecule has 1 rings (SSSR count). The maximum atomic E-state index is 10.9. The Morgan fingerprint density at radius 2 is 1.24 bits per heavy atom. The number of halogens is 1. The first-order valence-corrected chi connectivity index (χ1v) is 13.6. The number of benzene rings is 1. The quantitative estimate of drug-likeness (QED) is 0.135. The predicted octanol–water partition coefficient (Wildman–Crippen LogP) is 4.99. The zero-order chi connectivity index (χ0) is 23.4. The summed E-state index contributed by atoms with van der Waals surface area (Å²) in [7, 11) is 0. The minimum Gasteiger partial charge on any atom is -1.00 e. The molecule has 5 heteroatoms. The average Bonchev–Trinajstić information content (AvgIpc) is 2.78. The highest BCUT2D eigenvalue weighted by molar-refractivity contribution is 5.61. The highest BCUT2D eigenvalue weighted by atomic mass is 79.9. The van der Waals surface area contributed by atoms with Gasteiger partial charge in [0.05, 0.1) is 17.5 Å². The molecule has 1 aromatic rings. The van der Waals surface area contributed by atoms with Crippen LogP contribution in [0.1, 0.15) is 132 Å². The summed E-state index contributed by atoms with van der Waals surface area (Å²) in [6, 6.07) is 2.30. The average molecular weight is 527 g/mol. The van der Waals surface area contributed by atoms with Crippen molar-refractivity contribution in [1.82, 2.24) is 0 Å². The summed E-state index contributed by atoms with van der Waals surface area (Å²) in [5, 5.41) is 2.96. The Kier molecular flexibility index (Phi) is 21.0. The summed E-state index contributed by atoms with van der Waals surface area (Å²) in [6.07, 6.45) is 23.7. The third-order valence-corrected chi connectivity index (χ3v) is 6.88. The molecule has 0 aliphatic heterocycles. The van der Waals surface area contributed by atoms with Crippen molar-refractivity contribution >= 4 is 5.69 Å². The van der Waals surface area contributed by atoms with Gasteiger partial charge in [0.15, 0.2) is 0 Å². The Morgan fingerprint density at radius 1 is 0.758 bits per heavy atom. The molecule has 0 atom stereocenters. The standard InChI is InChI=1S/C28H51N3O.BrH/c1-4-5-6-7-8-12-15-18-21-27-25(3)28(30-31-32)24(2)23-26(27)20-17-14-11-9-10-13-16-19-22-29;/h23H,4-22,29H2,1-3H3,(H,30,32);1H. The molecule has 1 aromatic carbocycles. The summed E-state index contributed by atoms with van der Waals surface area (Å²) in [4.78, 5) is 10.9. The molecule has 0 radical (unpaired) electrons. The Hall–Kier alpha value is -0.940. The first kappa shape index (κ1) is 32.1. The van der Waals surface area contributed by atoms with Gasteiger partial charge in [0.2, 0.25) is 0 Å². The Morgan fingerprint density at radius 3 is 1.76 bits per heavy atom. The number of nitrogens with zero attached hydrogens (tertiary/aromatic N) is 1. The van der Waals surface area contributed by atoms with Crippen LogP contribution in [0, 0.1) is 18.8 Å². The normalized spacial score (nSPS) is 10.8. The molecule has 0 saturated carbocycles. The predicted molar refractivity (Wildman–Crippen MR) is 140 cm³/mol. The molecule has 4 N–H and O–H groups in total. The molecule has 0 aliphatic carbocycles. The fourth-order valence-electron chi connectivity index (χ4n) is 4.89. The minimum atomic E-state index is 0. The number of unbranched alkanes of at least 4 members (excludes halogenated alkanes) is 14. The molecule has 33 heavy (non-hydrogen) atoms. The Labute approximate surface area is 215 Å². The summed E-state index contributed by atoms with van der Waals surface area (Å²) in [5.74, 6) is 0. The van der Waals surface area contributed by atoms with E-state index in [1.165, 1.54) is 119 Å². The second-order valence-corrected chi connectivity index (χ2v) is 9.69. The first-order chi connectivity index (χ1) is 15.7. The van der Waals surface area contributed by atoms with Gasteiger partial charge in [-0.25, -0.2) is 5.43 Å². The van der Waals surface area contributed by atoms with Gasteiger partial charge < -0.3 is 22.7 Å². The van der Waals surface area contributed by atoms with Crippen LogP contribution in [0.2, 0.25) is 0 Å². The van der Waals surface area contributed by atoms with Crippen LogP contribution in [-0.2, 0) is 12.8 Å². The molecule has 0 fully saturated rings. The second kappa shape index (κ2) is 21.6. The van der Waals surface area contributed by atoms with Crippen molar-refractivity contribution in [3.05, 3.63) is 33.2 Å². The molecule has 0 unspecified atom stereocenters. The van der Waals surface area contributed by atoms with Crippen molar-refractivity contribution in [2.75, 3.05) is 12.0 Å². The van der Waals surface area contributed by atoms with Crippen LogP contribution in [0.25, 0.3) is 0 Å². The lowest BCUT2D eigenvalue weighted by Gasteiger charge is -2.18. The number of hydrogen-bond donors (Lipinski definition) is 2. The molecule has 0 aromatic heterocycles. The van der Waals surface area contributed by atoms with Crippen LogP contribution < -0.4 is 28.1 Å². The van der Waals surface area contributed by atoms with E-state index < -0.39 is 0 Å². The maximum Gasteiger partial charge on any atom is 0.0739 e. The van der Waals surface area contributed by atoms with Gasteiger partial charge in [-0.1, -0.05) is 90.0 Å². The molecule has 0 amide bonds. The largest absolute Gasteiger partial charge is 1.00 e. The van der Waals surface area contributed by atoms with Crippen LogP contribution in [0.15, 0.2) is 11.4 Å². The summed E-state index contributed by atoms with van der Waals surface area (Å²) in [6.45, 7) is 7.61. The van der Waals surface area contributed by atoms with E-state index in [0.29, 0.717) is 0 Å². The van der Waals surface area contributed by atoms with E-state index in [0.717, 1.165) is 30.6 Å². The van der Waals surface area contributed by atoms with Crippen LogP contribution in [0.3, 0.4) is 0 Å². The highest BCUT2D eigenvalue weighted by Gasteiger charge is 2.13. The van der Waals surface area contributed by atoms with Crippen molar-refractivity contribution in [1.29, 1.82) is 0 Å².